The molecule has 0 radical (unpaired) electrons. The predicted molar refractivity (Wildman–Crippen MR) is 85.5 cm³/mol. The van der Waals surface area contributed by atoms with Crippen LogP contribution in [0.1, 0.15) is 57.9 Å². The number of rotatable bonds is 8. The number of hydrogen-bond acceptors (Lipinski definition) is 2. The Morgan fingerprint density at radius 1 is 1.20 bits per heavy atom. The van der Waals surface area contributed by atoms with Gasteiger partial charge in [-0.1, -0.05) is 39.0 Å². The lowest BCUT2D eigenvalue weighted by atomic mass is 9.73. The molecule has 0 aliphatic carbocycles. The van der Waals surface area contributed by atoms with Crippen LogP contribution in [0, 0.1) is 5.41 Å². The molecule has 1 aliphatic heterocycles. The first-order valence-electron chi connectivity index (χ1n) is 8.17. The molecule has 1 aromatic rings. The molecule has 0 aromatic heterocycles. The van der Waals surface area contributed by atoms with Crippen LogP contribution in [0.2, 0.25) is 0 Å². The second kappa shape index (κ2) is 7.12. The molecule has 1 aliphatic rings. The number of benzene rings is 1. The zero-order valence-electron chi connectivity index (χ0n) is 13.2. The van der Waals surface area contributed by atoms with Crippen molar-refractivity contribution in [1.82, 2.24) is 5.32 Å². The van der Waals surface area contributed by atoms with E-state index in [2.05, 4.69) is 50.4 Å². The van der Waals surface area contributed by atoms with Crippen LogP contribution in [0.3, 0.4) is 0 Å². The maximum atomic E-state index is 5.85. The van der Waals surface area contributed by atoms with Gasteiger partial charge in [-0.15, -0.1) is 0 Å². The summed E-state index contributed by atoms with van der Waals surface area (Å²) in [6.45, 7) is 10.0. The molecule has 2 rings (SSSR count). The molecule has 0 saturated heterocycles. The highest BCUT2D eigenvalue weighted by atomic mass is 16.5. The summed E-state index contributed by atoms with van der Waals surface area (Å²) in [6.07, 6.45) is 4.91. The summed E-state index contributed by atoms with van der Waals surface area (Å²) in [4.78, 5) is 0. The van der Waals surface area contributed by atoms with Crippen LogP contribution in [0.25, 0.3) is 0 Å². The average Bonchev–Trinajstić information content (AvgIpc) is 2.89. The third-order valence-electron chi connectivity index (χ3n) is 4.91. The Labute approximate surface area is 123 Å². The Morgan fingerprint density at radius 2 is 1.95 bits per heavy atom. The van der Waals surface area contributed by atoms with Gasteiger partial charge < -0.3 is 10.1 Å². The molecule has 1 unspecified atom stereocenters. The largest absolute Gasteiger partial charge is 0.493 e. The fraction of sp³-hybridized carbons (Fsp3) is 0.667. The molecule has 1 N–H and O–H groups in total. The minimum atomic E-state index is 0.403. The molecular formula is C18H29NO. The number of hydrogen-bond donors (Lipinski definition) is 1. The number of nitrogens with one attached hydrogen (secondary N) is 1. The van der Waals surface area contributed by atoms with Crippen LogP contribution in [0.4, 0.5) is 0 Å². The molecule has 0 bridgehead atoms. The lowest BCUT2D eigenvalue weighted by Crippen LogP contribution is -2.35. The molecule has 1 atom stereocenters. The number of ether oxygens (including phenoxy) is 1. The Bertz CT molecular complexity index is 412. The topological polar surface area (TPSA) is 21.3 Å². The van der Waals surface area contributed by atoms with E-state index in [-0.39, 0.29) is 0 Å². The Balaban J connectivity index is 2.05. The van der Waals surface area contributed by atoms with E-state index in [0.29, 0.717) is 11.3 Å². The highest BCUT2D eigenvalue weighted by Gasteiger charge is 2.33. The van der Waals surface area contributed by atoms with Gasteiger partial charge in [0.05, 0.1) is 6.61 Å². The van der Waals surface area contributed by atoms with E-state index in [1.807, 2.05) is 0 Å². The summed E-state index contributed by atoms with van der Waals surface area (Å²) in [5, 5.41) is 3.63. The molecule has 0 fully saturated rings. The van der Waals surface area contributed by atoms with Crippen molar-refractivity contribution >= 4 is 0 Å². The second-order valence-electron chi connectivity index (χ2n) is 6.13. The highest BCUT2D eigenvalue weighted by Crippen LogP contribution is 2.43. The van der Waals surface area contributed by atoms with Crippen molar-refractivity contribution in [3.63, 3.8) is 0 Å². The van der Waals surface area contributed by atoms with Crippen LogP contribution in [0.5, 0.6) is 5.75 Å². The van der Waals surface area contributed by atoms with Gasteiger partial charge in [-0.2, -0.15) is 0 Å². The highest BCUT2D eigenvalue weighted by molar-refractivity contribution is 5.39. The van der Waals surface area contributed by atoms with Crippen LogP contribution < -0.4 is 10.1 Å². The first-order chi connectivity index (χ1) is 9.74. The third-order valence-corrected chi connectivity index (χ3v) is 4.91. The molecule has 20 heavy (non-hydrogen) atoms. The fourth-order valence-electron chi connectivity index (χ4n) is 3.31. The maximum absolute atomic E-state index is 5.85. The quantitative estimate of drug-likeness (QED) is 0.712. The molecule has 2 nitrogen and oxygen atoms in total. The van der Waals surface area contributed by atoms with Gasteiger partial charge in [0.2, 0.25) is 0 Å². The average molecular weight is 275 g/mol. The molecule has 0 saturated carbocycles. The standard InChI is InChI=1S/C18H29NO/c1-4-11-19-14-18(5-2,6-3)12-15-13-20-17-10-8-7-9-16(15)17/h7-10,15,19H,4-6,11-14H2,1-3H3. The second-order valence-corrected chi connectivity index (χ2v) is 6.13. The van der Waals surface area contributed by atoms with E-state index in [1.165, 1.54) is 31.2 Å². The van der Waals surface area contributed by atoms with Gasteiger partial charge in [0.25, 0.3) is 0 Å². The summed E-state index contributed by atoms with van der Waals surface area (Å²) < 4.78 is 5.85. The van der Waals surface area contributed by atoms with Gasteiger partial charge in [0, 0.05) is 18.0 Å². The molecule has 0 spiro atoms. The summed E-state index contributed by atoms with van der Waals surface area (Å²) in [7, 11) is 0. The lowest BCUT2D eigenvalue weighted by Gasteiger charge is -2.34. The smallest absolute Gasteiger partial charge is 0.122 e. The van der Waals surface area contributed by atoms with Crippen molar-refractivity contribution in [1.29, 1.82) is 0 Å². The molecule has 1 heterocycles. The molecule has 1 aromatic carbocycles. The normalized spacial score (nSPS) is 17.9. The third kappa shape index (κ3) is 3.35. The van der Waals surface area contributed by atoms with E-state index >= 15 is 0 Å². The SMILES string of the molecule is CCCNCC(CC)(CC)CC1COc2ccccc21. The van der Waals surface area contributed by atoms with Crippen molar-refractivity contribution in [3.05, 3.63) is 29.8 Å². The van der Waals surface area contributed by atoms with Gasteiger partial charge in [0.15, 0.2) is 0 Å². The lowest BCUT2D eigenvalue weighted by molar-refractivity contribution is 0.195. The Hall–Kier alpha value is -1.02. The minimum absolute atomic E-state index is 0.403. The van der Waals surface area contributed by atoms with Crippen molar-refractivity contribution < 1.29 is 4.74 Å². The van der Waals surface area contributed by atoms with Crippen LogP contribution in [-0.4, -0.2) is 19.7 Å². The van der Waals surface area contributed by atoms with Crippen LogP contribution >= 0.6 is 0 Å². The summed E-state index contributed by atoms with van der Waals surface area (Å²) in [6, 6.07) is 8.54. The van der Waals surface area contributed by atoms with E-state index in [1.54, 1.807) is 0 Å². The molecule has 0 amide bonds. The maximum Gasteiger partial charge on any atom is 0.122 e. The number of fused-ring (bicyclic) bond motifs is 1. The zero-order valence-corrected chi connectivity index (χ0v) is 13.2. The monoisotopic (exact) mass is 275 g/mol. The zero-order chi connectivity index (χ0) is 14.4. The molecular weight excluding hydrogens is 246 g/mol. The van der Waals surface area contributed by atoms with Crippen molar-refractivity contribution in [2.75, 3.05) is 19.7 Å². The van der Waals surface area contributed by atoms with Gasteiger partial charge >= 0.3 is 0 Å². The van der Waals surface area contributed by atoms with Crippen molar-refractivity contribution in [2.45, 2.75) is 52.4 Å². The minimum Gasteiger partial charge on any atom is -0.493 e. The number of para-hydroxylation sites is 1. The summed E-state index contributed by atoms with van der Waals surface area (Å²) in [5.41, 5.74) is 1.81. The van der Waals surface area contributed by atoms with Gasteiger partial charge in [-0.3, -0.25) is 0 Å². The Morgan fingerprint density at radius 3 is 2.65 bits per heavy atom. The van der Waals surface area contributed by atoms with Gasteiger partial charge in [0.1, 0.15) is 5.75 Å². The Kier molecular flexibility index (Phi) is 5.47. The van der Waals surface area contributed by atoms with Crippen LogP contribution in [-0.2, 0) is 0 Å². The van der Waals surface area contributed by atoms with Crippen LogP contribution in [0.15, 0.2) is 24.3 Å². The van der Waals surface area contributed by atoms with Crippen molar-refractivity contribution in [2.24, 2.45) is 5.41 Å². The predicted octanol–water partition coefficient (Wildman–Crippen LogP) is 4.36. The van der Waals surface area contributed by atoms with Gasteiger partial charge in [-0.25, -0.2) is 0 Å². The molecule has 2 heteroatoms. The van der Waals surface area contributed by atoms with E-state index in [0.717, 1.165) is 25.4 Å². The van der Waals surface area contributed by atoms with Gasteiger partial charge in [-0.05, 0) is 43.7 Å². The van der Waals surface area contributed by atoms with E-state index in [4.69, 9.17) is 4.74 Å². The summed E-state index contributed by atoms with van der Waals surface area (Å²) in [5.74, 6) is 1.66. The molecule has 112 valence electrons. The van der Waals surface area contributed by atoms with E-state index in [9.17, 15) is 0 Å². The van der Waals surface area contributed by atoms with Crippen molar-refractivity contribution in [3.8, 4) is 5.75 Å². The first kappa shape index (κ1) is 15.4. The van der Waals surface area contributed by atoms with E-state index < -0.39 is 0 Å². The summed E-state index contributed by atoms with van der Waals surface area (Å²) >= 11 is 0. The fourth-order valence-corrected chi connectivity index (χ4v) is 3.31. The first-order valence-corrected chi connectivity index (χ1v) is 8.17.